The molecule has 0 aromatic rings. The van der Waals surface area contributed by atoms with Crippen LogP contribution in [0.2, 0.25) is 0 Å². The third-order valence-electron chi connectivity index (χ3n) is 3.95. The zero-order valence-electron chi connectivity index (χ0n) is 12.9. The van der Waals surface area contributed by atoms with Gasteiger partial charge >= 0.3 is 5.97 Å². The second kappa shape index (κ2) is 8.25. The zero-order chi connectivity index (χ0) is 15.1. The van der Waals surface area contributed by atoms with Gasteiger partial charge in [-0.05, 0) is 45.1 Å². The van der Waals surface area contributed by atoms with Gasteiger partial charge in [-0.15, -0.1) is 0 Å². The summed E-state index contributed by atoms with van der Waals surface area (Å²) in [6.45, 7) is 8.65. The van der Waals surface area contributed by atoms with Crippen LogP contribution in [0.5, 0.6) is 0 Å². The Bertz CT molecular complexity index is 331. The third kappa shape index (κ3) is 6.37. The molecular weight excluding hydrogens is 256 g/mol. The molecule has 1 saturated heterocycles. The summed E-state index contributed by atoms with van der Waals surface area (Å²) < 4.78 is 0. The Morgan fingerprint density at radius 1 is 1.35 bits per heavy atom. The fourth-order valence-electron chi connectivity index (χ4n) is 2.85. The monoisotopic (exact) mass is 284 g/mol. The summed E-state index contributed by atoms with van der Waals surface area (Å²) in [5.74, 6) is 0.0273. The van der Waals surface area contributed by atoms with Crippen LogP contribution in [-0.4, -0.2) is 47.6 Å². The lowest BCUT2D eigenvalue weighted by molar-refractivity contribution is -0.138. The van der Waals surface area contributed by atoms with Crippen LogP contribution < -0.4 is 5.32 Å². The van der Waals surface area contributed by atoms with Gasteiger partial charge in [-0.25, -0.2) is 0 Å². The van der Waals surface area contributed by atoms with Crippen molar-refractivity contribution >= 4 is 11.9 Å². The van der Waals surface area contributed by atoms with Crippen molar-refractivity contribution < 1.29 is 14.7 Å². The molecule has 0 aromatic heterocycles. The summed E-state index contributed by atoms with van der Waals surface area (Å²) in [7, 11) is 0. The summed E-state index contributed by atoms with van der Waals surface area (Å²) in [6.07, 6.45) is 2.97. The van der Waals surface area contributed by atoms with Gasteiger partial charge in [0.15, 0.2) is 0 Å². The standard InChI is InChI=1S/C15H28N2O3/c1-11(2)16-14(18)6-8-17-7-4-5-13(10-17)12(3)9-15(19)20/h11-13H,4-10H2,1-3H3,(H,16,18)(H,19,20). The van der Waals surface area contributed by atoms with E-state index in [9.17, 15) is 9.59 Å². The number of hydrogen-bond donors (Lipinski definition) is 2. The highest BCUT2D eigenvalue weighted by Crippen LogP contribution is 2.26. The Labute approximate surface area is 121 Å². The van der Waals surface area contributed by atoms with Gasteiger partial charge < -0.3 is 15.3 Å². The molecule has 1 aliphatic rings. The molecular formula is C15H28N2O3. The lowest BCUT2D eigenvalue weighted by atomic mass is 9.84. The topological polar surface area (TPSA) is 69.6 Å². The molecule has 0 saturated carbocycles. The normalized spacial score (nSPS) is 21.7. The van der Waals surface area contributed by atoms with Crippen LogP contribution in [0.4, 0.5) is 0 Å². The smallest absolute Gasteiger partial charge is 0.303 e. The average molecular weight is 284 g/mol. The number of carbonyl (C=O) groups excluding carboxylic acids is 1. The van der Waals surface area contributed by atoms with Crippen LogP contribution >= 0.6 is 0 Å². The van der Waals surface area contributed by atoms with Crippen molar-refractivity contribution in [2.75, 3.05) is 19.6 Å². The number of aliphatic carboxylic acids is 1. The Morgan fingerprint density at radius 3 is 2.65 bits per heavy atom. The number of hydrogen-bond acceptors (Lipinski definition) is 3. The first-order valence-electron chi connectivity index (χ1n) is 7.62. The largest absolute Gasteiger partial charge is 0.481 e. The number of carboxylic acids is 1. The molecule has 1 aliphatic heterocycles. The first-order chi connectivity index (χ1) is 9.38. The molecule has 0 bridgehead atoms. The maximum atomic E-state index is 11.6. The maximum absolute atomic E-state index is 11.6. The number of nitrogens with one attached hydrogen (secondary N) is 1. The van der Waals surface area contributed by atoms with Gasteiger partial charge in [-0.3, -0.25) is 9.59 Å². The van der Waals surface area contributed by atoms with E-state index in [0.29, 0.717) is 12.3 Å². The summed E-state index contributed by atoms with van der Waals surface area (Å²) in [5.41, 5.74) is 0. The minimum absolute atomic E-state index is 0.0979. The SMILES string of the molecule is CC(C)NC(=O)CCN1CCCC(C(C)CC(=O)O)C1. The number of carboxylic acid groups (broad SMARTS) is 1. The zero-order valence-corrected chi connectivity index (χ0v) is 12.9. The molecule has 1 fully saturated rings. The van der Waals surface area contributed by atoms with E-state index in [4.69, 9.17) is 5.11 Å². The van der Waals surface area contributed by atoms with Gasteiger partial charge in [0.05, 0.1) is 0 Å². The molecule has 0 spiro atoms. The van der Waals surface area contributed by atoms with E-state index in [2.05, 4.69) is 10.2 Å². The Hall–Kier alpha value is -1.10. The first kappa shape index (κ1) is 17.0. The molecule has 5 nitrogen and oxygen atoms in total. The highest BCUT2D eigenvalue weighted by atomic mass is 16.4. The van der Waals surface area contributed by atoms with E-state index < -0.39 is 5.97 Å². The predicted octanol–water partition coefficient (Wildman–Crippen LogP) is 1.72. The first-order valence-corrected chi connectivity index (χ1v) is 7.62. The highest BCUT2D eigenvalue weighted by molar-refractivity contribution is 5.76. The Morgan fingerprint density at radius 2 is 2.05 bits per heavy atom. The molecule has 1 heterocycles. The molecule has 1 amide bonds. The van der Waals surface area contributed by atoms with Crippen LogP contribution in [0.1, 0.15) is 46.5 Å². The van der Waals surface area contributed by atoms with Crippen molar-refractivity contribution in [3.63, 3.8) is 0 Å². The minimum Gasteiger partial charge on any atom is -0.481 e. The minimum atomic E-state index is -0.717. The maximum Gasteiger partial charge on any atom is 0.303 e. The molecule has 20 heavy (non-hydrogen) atoms. The number of piperidine rings is 1. The molecule has 0 radical (unpaired) electrons. The van der Waals surface area contributed by atoms with Crippen LogP contribution in [0.3, 0.4) is 0 Å². The van der Waals surface area contributed by atoms with Crippen molar-refractivity contribution in [1.82, 2.24) is 10.2 Å². The van der Waals surface area contributed by atoms with Crippen LogP contribution in [0.15, 0.2) is 0 Å². The van der Waals surface area contributed by atoms with Crippen molar-refractivity contribution in [2.24, 2.45) is 11.8 Å². The number of carbonyl (C=O) groups is 2. The van der Waals surface area contributed by atoms with Gasteiger partial charge in [-0.1, -0.05) is 6.92 Å². The van der Waals surface area contributed by atoms with E-state index in [1.165, 1.54) is 0 Å². The average Bonchev–Trinajstić information content (AvgIpc) is 2.35. The third-order valence-corrected chi connectivity index (χ3v) is 3.95. The van der Waals surface area contributed by atoms with E-state index >= 15 is 0 Å². The molecule has 2 unspecified atom stereocenters. The molecule has 116 valence electrons. The quantitative estimate of drug-likeness (QED) is 0.747. The fourth-order valence-corrected chi connectivity index (χ4v) is 2.85. The Balaban J connectivity index is 2.33. The highest BCUT2D eigenvalue weighted by Gasteiger charge is 2.26. The molecule has 2 N–H and O–H groups in total. The lowest BCUT2D eigenvalue weighted by Gasteiger charge is -2.35. The fraction of sp³-hybridized carbons (Fsp3) is 0.867. The van der Waals surface area contributed by atoms with Crippen molar-refractivity contribution in [1.29, 1.82) is 0 Å². The van der Waals surface area contributed by atoms with Crippen LogP contribution in [0, 0.1) is 11.8 Å². The van der Waals surface area contributed by atoms with Crippen LogP contribution in [0.25, 0.3) is 0 Å². The lowest BCUT2D eigenvalue weighted by Crippen LogP contribution is -2.40. The second-order valence-electron chi connectivity index (χ2n) is 6.25. The van der Waals surface area contributed by atoms with Crippen LogP contribution in [-0.2, 0) is 9.59 Å². The predicted molar refractivity (Wildman–Crippen MR) is 78.5 cm³/mol. The molecule has 0 aromatic carbocycles. The summed E-state index contributed by atoms with van der Waals surface area (Å²) >= 11 is 0. The number of amides is 1. The molecule has 0 aliphatic carbocycles. The molecule has 1 rings (SSSR count). The van der Waals surface area contributed by atoms with Gasteiger partial charge in [0.25, 0.3) is 0 Å². The van der Waals surface area contributed by atoms with E-state index in [-0.39, 0.29) is 24.3 Å². The van der Waals surface area contributed by atoms with Crippen molar-refractivity contribution in [2.45, 2.75) is 52.5 Å². The number of rotatable bonds is 7. The van der Waals surface area contributed by atoms with Gasteiger partial charge in [0.2, 0.25) is 5.91 Å². The summed E-state index contributed by atoms with van der Waals surface area (Å²) in [5, 5.41) is 11.8. The second-order valence-corrected chi connectivity index (χ2v) is 6.25. The number of nitrogens with zero attached hydrogens (tertiary/aromatic N) is 1. The van der Waals surface area contributed by atoms with Crippen molar-refractivity contribution in [3.05, 3.63) is 0 Å². The number of likely N-dealkylation sites (tertiary alicyclic amines) is 1. The molecule has 2 atom stereocenters. The van der Waals surface area contributed by atoms with E-state index in [1.807, 2.05) is 20.8 Å². The van der Waals surface area contributed by atoms with Gasteiger partial charge in [-0.2, -0.15) is 0 Å². The van der Waals surface area contributed by atoms with E-state index in [0.717, 1.165) is 32.5 Å². The summed E-state index contributed by atoms with van der Waals surface area (Å²) in [4.78, 5) is 24.7. The Kier molecular flexibility index (Phi) is 6.99. The van der Waals surface area contributed by atoms with Crippen molar-refractivity contribution in [3.8, 4) is 0 Å². The summed E-state index contributed by atoms with van der Waals surface area (Å²) in [6, 6.07) is 0.187. The van der Waals surface area contributed by atoms with E-state index in [1.54, 1.807) is 0 Å². The van der Waals surface area contributed by atoms with Gasteiger partial charge in [0, 0.05) is 32.0 Å². The van der Waals surface area contributed by atoms with Gasteiger partial charge in [0.1, 0.15) is 0 Å². The molecule has 5 heteroatoms.